The lowest BCUT2D eigenvalue weighted by atomic mass is 10.00. The quantitative estimate of drug-likeness (QED) is 0.799. The third-order valence-electron chi connectivity index (χ3n) is 3.52. The van der Waals surface area contributed by atoms with Crippen molar-refractivity contribution < 1.29 is 5.11 Å². The largest absolute Gasteiger partial charge is 0.396 e. The topological polar surface area (TPSA) is 56.0 Å². The molecule has 3 heteroatoms. The second-order valence-corrected chi connectivity index (χ2v) is 5.07. The number of nitriles is 1. The molecule has 1 atom stereocenters. The molecule has 0 saturated heterocycles. The van der Waals surface area contributed by atoms with Gasteiger partial charge in [0.15, 0.2) is 0 Å². The Bertz CT molecular complexity index is 614. The molecule has 3 nitrogen and oxygen atoms in total. The Hall–Kier alpha value is -2.15. The van der Waals surface area contributed by atoms with E-state index in [1.165, 1.54) is 5.56 Å². The Balaban J connectivity index is 2.09. The summed E-state index contributed by atoms with van der Waals surface area (Å²) in [6.07, 6.45) is 0.767. The van der Waals surface area contributed by atoms with Crippen LogP contribution < -0.4 is 5.32 Å². The average molecular weight is 280 g/mol. The van der Waals surface area contributed by atoms with Gasteiger partial charge in [0.25, 0.3) is 0 Å². The van der Waals surface area contributed by atoms with Crippen molar-refractivity contribution in [2.75, 3.05) is 13.2 Å². The molecular weight excluding hydrogens is 260 g/mol. The van der Waals surface area contributed by atoms with Crippen molar-refractivity contribution >= 4 is 0 Å². The van der Waals surface area contributed by atoms with Gasteiger partial charge in [-0.15, -0.1) is 0 Å². The maximum Gasteiger partial charge on any atom is 0.0991 e. The van der Waals surface area contributed by atoms with Gasteiger partial charge >= 0.3 is 0 Å². The van der Waals surface area contributed by atoms with Gasteiger partial charge < -0.3 is 10.4 Å². The monoisotopic (exact) mass is 280 g/mol. The van der Waals surface area contributed by atoms with Gasteiger partial charge in [-0.2, -0.15) is 5.26 Å². The van der Waals surface area contributed by atoms with Gasteiger partial charge in [0, 0.05) is 12.6 Å². The Kier molecular flexibility index (Phi) is 5.51. The molecule has 0 amide bonds. The Labute approximate surface area is 125 Å². The first kappa shape index (κ1) is 15.2. The van der Waals surface area contributed by atoms with Crippen LogP contribution in [0.5, 0.6) is 0 Å². The summed E-state index contributed by atoms with van der Waals surface area (Å²) in [6, 6.07) is 18.4. The van der Waals surface area contributed by atoms with Gasteiger partial charge in [-0.3, -0.25) is 0 Å². The van der Waals surface area contributed by atoms with Crippen LogP contribution in [0.25, 0.3) is 11.1 Å². The number of aliphatic hydroxyl groups is 1. The summed E-state index contributed by atoms with van der Waals surface area (Å²) >= 11 is 0. The van der Waals surface area contributed by atoms with Crippen LogP contribution in [0.4, 0.5) is 0 Å². The molecule has 0 aliphatic rings. The summed E-state index contributed by atoms with van der Waals surface area (Å²) in [5.41, 5.74) is 4.06. The number of rotatable bonds is 6. The fraction of sp³-hybridized carbons (Fsp3) is 0.278. The van der Waals surface area contributed by atoms with E-state index in [2.05, 4.69) is 42.6 Å². The lowest BCUT2D eigenvalue weighted by molar-refractivity contribution is 0.284. The standard InChI is InChI=1S/C18H20N2O/c1-14(20-10-3-11-21)16-6-8-17(9-7-16)18-5-2-4-15(12-18)13-19/h2,4-9,12,14,20-21H,3,10-11H2,1H3. The number of benzene rings is 2. The summed E-state index contributed by atoms with van der Waals surface area (Å²) in [7, 11) is 0. The molecule has 0 saturated carbocycles. The molecule has 108 valence electrons. The molecule has 2 aromatic rings. The molecule has 2 rings (SSSR count). The maximum atomic E-state index is 8.95. The molecule has 2 aromatic carbocycles. The van der Waals surface area contributed by atoms with E-state index in [1.807, 2.05) is 24.3 Å². The van der Waals surface area contributed by atoms with E-state index in [4.69, 9.17) is 10.4 Å². The Morgan fingerprint density at radius 2 is 1.90 bits per heavy atom. The van der Waals surface area contributed by atoms with Crippen LogP contribution in [0.2, 0.25) is 0 Å². The third kappa shape index (κ3) is 4.16. The number of hydrogen-bond acceptors (Lipinski definition) is 3. The lowest BCUT2D eigenvalue weighted by Crippen LogP contribution is -2.20. The smallest absolute Gasteiger partial charge is 0.0991 e. The summed E-state index contributed by atoms with van der Waals surface area (Å²) in [5.74, 6) is 0. The van der Waals surface area contributed by atoms with Crippen molar-refractivity contribution in [3.8, 4) is 17.2 Å². The molecule has 0 bridgehead atoms. The van der Waals surface area contributed by atoms with Crippen molar-refractivity contribution in [3.63, 3.8) is 0 Å². The molecule has 0 radical (unpaired) electrons. The molecule has 21 heavy (non-hydrogen) atoms. The predicted octanol–water partition coefficient (Wildman–Crippen LogP) is 3.26. The SMILES string of the molecule is CC(NCCCO)c1ccc(-c2cccc(C#N)c2)cc1. The summed E-state index contributed by atoms with van der Waals surface area (Å²) in [5, 5.41) is 21.1. The zero-order valence-corrected chi connectivity index (χ0v) is 12.2. The van der Waals surface area contributed by atoms with E-state index >= 15 is 0 Å². The predicted molar refractivity (Wildman–Crippen MR) is 84.7 cm³/mol. The van der Waals surface area contributed by atoms with Crippen molar-refractivity contribution in [2.45, 2.75) is 19.4 Å². The highest BCUT2D eigenvalue weighted by molar-refractivity contribution is 5.65. The molecule has 0 aliphatic heterocycles. The molecule has 1 unspecified atom stereocenters. The van der Waals surface area contributed by atoms with Crippen LogP contribution in [-0.2, 0) is 0 Å². The van der Waals surface area contributed by atoms with Crippen molar-refractivity contribution in [3.05, 3.63) is 59.7 Å². The van der Waals surface area contributed by atoms with Crippen molar-refractivity contribution in [1.82, 2.24) is 5.32 Å². The first-order valence-electron chi connectivity index (χ1n) is 7.19. The summed E-state index contributed by atoms with van der Waals surface area (Å²) < 4.78 is 0. The number of nitrogens with one attached hydrogen (secondary N) is 1. The number of nitrogens with zero attached hydrogens (tertiary/aromatic N) is 1. The average Bonchev–Trinajstić information content (AvgIpc) is 2.55. The minimum Gasteiger partial charge on any atom is -0.396 e. The molecule has 0 heterocycles. The first-order chi connectivity index (χ1) is 10.2. The maximum absolute atomic E-state index is 8.95. The van der Waals surface area contributed by atoms with Crippen LogP contribution in [-0.4, -0.2) is 18.3 Å². The molecule has 2 N–H and O–H groups in total. The van der Waals surface area contributed by atoms with Crippen molar-refractivity contribution in [2.24, 2.45) is 0 Å². The minimum absolute atomic E-state index is 0.216. The highest BCUT2D eigenvalue weighted by atomic mass is 16.3. The second kappa shape index (κ2) is 7.58. The zero-order chi connectivity index (χ0) is 15.1. The van der Waals surface area contributed by atoms with Gasteiger partial charge in [-0.25, -0.2) is 0 Å². The zero-order valence-electron chi connectivity index (χ0n) is 12.2. The van der Waals surface area contributed by atoms with E-state index in [1.54, 1.807) is 0 Å². The Morgan fingerprint density at radius 3 is 2.57 bits per heavy atom. The first-order valence-corrected chi connectivity index (χ1v) is 7.19. The van der Waals surface area contributed by atoms with E-state index < -0.39 is 0 Å². The second-order valence-electron chi connectivity index (χ2n) is 5.07. The lowest BCUT2D eigenvalue weighted by Gasteiger charge is -2.14. The van der Waals surface area contributed by atoms with Gasteiger partial charge in [-0.1, -0.05) is 36.4 Å². The van der Waals surface area contributed by atoms with Crippen LogP contribution in [0.1, 0.15) is 30.5 Å². The van der Waals surface area contributed by atoms with E-state index in [0.29, 0.717) is 5.56 Å². The number of hydrogen-bond donors (Lipinski definition) is 2. The molecule has 0 aromatic heterocycles. The third-order valence-corrected chi connectivity index (χ3v) is 3.52. The van der Waals surface area contributed by atoms with Crippen LogP contribution in [0.15, 0.2) is 48.5 Å². The van der Waals surface area contributed by atoms with E-state index in [9.17, 15) is 0 Å². The highest BCUT2D eigenvalue weighted by Gasteiger charge is 2.05. The molecule has 0 fully saturated rings. The highest BCUT2D eigenvalue weighted by Crippen LogP contribution is 2.22. The van der Waals surface area contributed by atoms with Crippen LogP contribution in [0.3, 0.4) is 0 Å². The molecule has 0 spiro atoms. The van der Waals surface area contributed by atoms with Crippen LogP contribution >= 0.6 is 0 Å². The fourth-order valence-electron chi connectivity index (χ4n) is 2.25. The van der Waals surface area contributed by atoms with Crippen molar-refractivity contribution in [1.29, 1.82) is 5.26 Å². The summed E-state index contributed by atoms with van der Waals surface area (Å²) in [4.78, 5) is 0. The minimum atomic E-state index is 0.216. The number of aliphatic hydroxyl groups excluding tert-OH is 1. The van der Waals surface area contributed by atoms with Gasteiger partial charge in [-0.05, 0) is 48.7 Å². The van der Waals surface area contributed by atoms with Gasteiger partial charge in [0.1, 0.15) is 0 Å². The van der Waals surface area contributed by atoms with E-state index in [-0.39, 0.29) is 12.6 Å². The normalized spacial score (nSPS) is 11.9. The molecular formula is C18H20N2O. The summed E-state index contributed by atoms with van der Waals surface area (Å²) in [6.45, 7) is 3.14. The van der Waals surface area contributed by atoms with Gasteiger partial charge in [0.2, 0.25) is 0 Å². The fourth-order valence-corrected chi connectivity index (χ4v) is 2.25. The molecule has 0 aliphatic carbocycles. The van der Waals surface area contributed by atoms with Gasteiger partial charge in [0.05, 0.1) is 11.6 Å². The van der Waals surface area contributed by atoms with E-state index in [0.717, 1.165) is 24.1 Å². The Morgan fingerprint density at radius 1 is 1.14 bits per heavy atom. The van der Waals surface area contributed by atoms with Crippen LogP contribution in [0, 0.1) is 11.3 Å².